The molecule has 2 aliphatic rings. The second-order valence-corrected chi connectivity index (χ2v) is 11.6. The maximum Gasteiger partial charge on any atom is 0.246 e. The molecule has 2 fully saturated rings. The van der Waals surface area contributed by atoms with E-state index in [0.29, 0.717) is 19.6 Å². The first kappa shape index (κ1) is 23.8. The molecule has 180 valence electrons. The second kappa shape index (κ2) is 9.46. The van der Waals surface area contributed by atoms with Crippen molar-refractivity contribution in [2.45, 2.75) is 65.1 Å². The van der Waals surface area contributed by atoms with Gasteiger partial charge in [-0.1, -0.05) is 0 Å². The first-order valence-corrected chi connectivity index (χ1v) is 13.5. The molecule has 4 heterocycles. The van der Waals surface area contributed by atoms with Gasteiger partial charge in [-0.05, 0) is 64.7 Å². The van der Waals surface area contributed by atoms with Crippen molar-refractivity contribution in [1.29, 1.82) is 0 Å². The molecule has 2 aromatic heterocycles. The summed E-state index contributed by atoms with van der Waals surface area (Å²) in [6.07, 6.45) is 7.55. The van der Waals surface area contributed by atoms with Gasteiger partial charge >= 0.3 is 0 Å². The maximum atomic E-state index is 13.2. The van der Waals surface area contributed by atoms with Gasteiger partial charge in [0.25, 0.3) is 0 Å². The van der Waals surface area contributed by atoms with Crippen LogP contribution in [-0.2, 0) is 19.4 Å². The van der Waals surface area contributed by atoms with E-state index < -0.39 is 9.84 Å². The summed E-state index contributed by atoms with van der Waals surface area (Å²) in [4.78, 5) is 15.0. The average molecular weight is 475 g/mol. The van der Waals surface area contributed by atoms with Crippen molar-refractivity contribution in [1.82, 2.24) is 19.2 Å². The lowest BCUT2D eigenvalue weighted by Gasteiger charge is -2.29. The van der Waals surface area contributed by atoms with Gasteiger partial charge in [0.15, 0.2) is 9.84 Å². The number of hydrogen-bond acceptors (Lipinski definition) is 5. The number of carbonyl (C=O) groups is 1. The molecule has 1 amide bonds. The van der Waals surface area contributed by atoms with Gasteiger partial charge in [0.2, 0.25) is 5.91 Å². The van der Waals surface area contributed by atoms with Gasteiger partial charge < -0.3 is 14.2 Å². The fourth-order valence-corrected chi connectivity index (χ4v) is 6.63. The first-order valence-electron chi connectivity index (χ1n) is 11.7. The van der Waals surface area contributed by atoms with Crippen molar-refractivity contribution in [3.05, 3.63) is 41.4 Å². The normalized spacial score (nSPS) is 22.6. The molecule has 0 aromatic carbocycles. The Balaban J connectivity index is 1.57. The number of carbonyl (C=O) groups excluding carboxylic acids is 1. The molecule has 2 aliphatic heterocycles. The third-order valence-corrected chi connectivity index (χ3v) is 8.35. The predicted molar refractivity (Wildman–Crippen MR) is 128 cm³/mol. The Morgan fingerprint density at radius 2 is 2.12 bits per heavy atom. The van der Waals surface area contributed by atoms with Gasteiger partial charge in [-0.25, -0.2) is 13.1 Å². The molecule has 0 unspecified atom stereocenters. The van der Waals surface area contributed by atoms with Crippen molar-refractivity contribution in [3.63, 3.8) is 0 Å². The topological polar surface area (TPSA) is 86.4 Å². The Kier molecular flexibility index (Phi) is 6.81. The van der Waals surface area contributed by atoms with Crippen LogP contribution in [0.2, 0.25) is 0 Å². The number of hydrogen-bond donors (Lipinski definition) is 0. The summed E-state index contributed by atoms with van der Waals surface area (Å²) in [5.74, 6) is 1.00. The smallest absolute Gasteiger partial charge is 0.246 e. The van der Waals surface area contributed by atoms with Crippen LogP contribution < -0.4 is 0 Å². The van der Waals surface area contributed by atoms with Gasteiger partial charge in [0, 0.05) is 48.8 Å². The van der Waals surface area contributed by atoms with Crippen LogP contribution in [0.5, 0.6) is 0 Å². The lowest BCUT2D eigenvalue weighted by molar-refractivity contribution is -0.129. The molecular formula is C24H34N4O4S. The van der Waals surface area contributed by atoms with Crippen molar-refractivity contribution in [3.8, 4) is 5.82 Å². The van der Waals surface area contributed by atoms with E-state index in [2.05, 4.69) is 29.6 Å². The highest BCUT2D eigenvalue weighted by atomic mass is 32.2. The van der Waals surface area contributed by atoms with Crippen LogP contribution >= 0.6 is 0 Å². The summed E-state index contributed by atoms with van der Waals surface area (Å²) in [7, 11) is -3.09. The van der Waals surface area contributed by atoms with Crippen LogP contribution in [0.4, 0.5) is 0 Å². The highest BCUT2D eigenvalue weighted by Crippen LogP contribution is 2.25. The largest absolute Gasteiger partial charge is 0.376 e. The van der Waals surface area contributed by atoms with E-state index in [4.69, 9.17) is 4.74 Å². The number of nitrogens with zero attached hydrogens (tertiary/aromatic N) is 4. The standard InChI is InChI=1S/C24H34N4O4S/c1-17(2)28-23(9-11-25-28)27-18(3)14-20(19(27)4)7-8-24(29)26(15-22-6-5-12-32-22)21-10-13-33(30,31)16-21/h7-9,11,14,17,21-22H,5-6,10,12-13,15-16H2,1-4H3/b8-7-/t21-,22-/m0/s1. The number of rotatable bonds is 7. The van der Waals surface area contributed by atoms with Crippen molar-refractivity contribution >= 4 is 21.8 Å². The average Bonchev–Trinajstić information content (AvgIpc) is 3.52. The zero-order chi connectivity index (χ0) is 23.8. The molecule has 2 saturated heterocycles. The van der Waals surface area contributed by atoms with Gasteiger partial charge in [-0.3, -0.25) is 4.79 Å². The molecule has 0 spiro atoms. The van der Waals surface area contributed by atoms with Crippen molar-refractivity contribution < 1.29 is 17.9 Å². The van der Waals surface area contributed by atoms with Crippen LogP contribution in [0.15, 0.2) is 24.4 Å². The van der Waals surface area contributed by atoms with Crippen molar-refractivity contribution in [2.75, 3.05) is 24.7 Å². The summed E-state index contributed by atoms with van der Waals surface area (Å²) in [6, 6.07) is 3.99. The molecule has 33 heavy (non-hydrogen) atoms. The SMILES string of the molecule is Cc1cc(/C=C\C(=O)N(C[C@@H]2CCCO2)[C@H]2CCS(=O)(=O)C2)c(C)n1-c1ccnn1C(C)C. The molecule has 0 radical (unpaired) electrons. The summed E-state index contributed by atoms with van der Waals surface area (Å²) < 4.78 is 34.0. The lowest BCUT2D eigenvalue weighted by Crippen LogP contribution is -2.44. The third kappa shape index (κ3) is 5.09. The number of sulfone groups is 1. The maximum absolute atomic E-state index is 13.2. The summed E-state index contributed by atoms with van der Waals surface area (Å²) in [6.45, 7) is 9.39. The fraction of sp³-hybridized carbons (Fsp3) is 0.583. The molecule has 0 aliphatic carbocycles. The molecule has 0 saturated carbocycles. The summed E-state index contributed by atoms with van der Waals surface area (Å²) >= 11 is 0. The molecule has 2 aromatic rings. The molecule has 9 heteroatoms. The minimum absolute atomic E-state index is 0.0213. The van der Waals surface area contributed by atoms with E-state index >= 15 is 0 Å². The van der Waals surface area contributed by atoms with Gasteiger partial charge in [0.1, 0.15) is 5.82 Å². The quantitative estimate of drug-likeness (QED) is 0.576. The first-order chi connectivity index (χ1) is 15.7. The summed E-state index contributed by atoms with van der Waals surface area (Å²) in [5, 5.41) is 4.44. The molecule has 0 N–H and O–H groups in total. The third-order valence-electron chi connectivity index (χ3n) is 6.60. The Labute approximate surface area is 196 Å². The molecular weight excluding hydrogens is 440 g/mol. The minimum atomic E-state index is -3.09. The lowest BCUT2D eigenvalue weighted by atomic mass is 10.1. The molecule has 8 nitrogen and oxygen atoms in total. The highest BCUT2D eigenvalue weighted by molar-refractivity contribution is 7.91. The van der Waals surface area contributed by atoms with E-state index in [-0.39, 0.29) is 35.6 Å². The minimum Gasteiger partial charge on any atom is -0.376 e. The Morgan fingerprint density at radius 1 is 1.33 bits per heavy atom. The number of aryl methyl sites for hydroxylation is 1. The van der Waals surface area contributed by atoms with Gasteiger partial charge in [-0.2, -0.15) is 5.10 Å². The second-order valence-electron chi connectivity index (χ2n) is 9.41. The van der Waals surface area contributed by atoms with Crippen molar-refractivity contribution in [2.24, 2.45) is 0 Å². The monoisotopic (exact) mass is 474 g/mol. The molecule has 2 atom stereocenters. The van der Waals surface area contributed by atoms with E-state index in [1.165, 1.54) is 0 Å². The van der Waals surface area contributed by atoms with E-state index in [1.54, 1.807) is 17.2 Å². The Hall–Kier alpha value is -2.39. The van der Waals surface area contributed by atoms with Crippen LogP contribution in [0, 0.1) is 13.8 Å². The number of ether oxygens (including phenoxy) is 1. The van der Waals surface area contributed by atoms with Crippen LogP contribution in [0.25, 0.3) is 11.9 Å². The van der Waals surface area contributed by atoms with Crippen LogP contribution in [-0.4, -0.2) is 70.4 Å². The Morgan fingerprint density at radius 3 is 2.76 bits per heavy atom. The highest BCUT2D eigenvalue weighted by Gasteiger charge is 2.35. The zero-order valence-corrected chi connectivity index (χ0v) is 20.7. The number of aromatic nitrogens is 3. The van der Waals surface area contributed by atoms with Gasteiger partial charge in [0.05, 0.1) is 23.8 Å². The molecule has 4 rings (SSSR count). The number of amides is 1. The van der Waals surface area contributed by atoms with E-state index in [0.717, 1.165) is 35.6 Å². The summed E-state index contributed by atoms with van der Waals surface area (Å²) in [5.41, 5.74) is 3.03. The Bertz CT molecular complexity index is 1140. The van der Waals surface area contributed by atoms with Crippen LogP contribution in [0.1, 0.15) is 56.1 Å². The van der Waals surface area contributed by atoms with Gasteiger partial charge in [-0.15, -0.1) is 0 Å². The fourth-order valence-electron chi connectivity index (χ4n) is 4.90. The molecule has 0 bridgehead atoms. The van der Waals surface area contributed by atoms with E-state index in [9.17, 15) is 13.2 Å². The zero-order valence-electron chi connectivity index (χ0n) is 19.9. The predicted octanol–water partition coefficient (Wildman–Crippen LogP) is 3.08. The van der Waals surface area contributed by atoms with Crippen LogP contribution in [0.3, 0.4) is 0 Å². The van der Waals surface area contributed by atoms with E-state index in [1.807, 2.05) is 30.7 Å².